The van der Waals surface area contributed by atoms with Crippen LogP contribution in [0.3, 0.4) is 0 Å². The van der Waals surface area contributed by atoms with Gasteiger partial charge in [0.25, 0.3) is 0 Å². The van der Waals surface area contributed by atoms with Gasteiger partial charge in [-0.25, -0.2) is 4.79 Å². The highest BCUT2D eigenvalue weighted by Gasteiger charge is 2.30. The standard InChI is InChI=1S/C16H22Cl2N2O2/c1-16(2,3)22-15(21)20-5-4-19-10-14(20)8-11-6-12(17)9-13(18)7-11/h6-7,9,14,19H,4-5,8,10H2,1-3H3. The zero-order valence-electron chi connectivity index (χ0n) is 13.2. The Kier molecular flexibility index (Phi) is 5.59. The minimum Gasteiger partial charge on any atom is -0.444 e. The molecule has 0 aliphatic carbocycles. The van der Waals surface area contributed by atoms with E-state index in [-0.39, 0.29) is 12.1 Å². The van der Waals surface area contributed by atoms with Crippen molar-refractivity contribution in [3.05, 3.63) is 33.8 Å². The van der Waals surface area contributed by atoms with Gasteiger partial charge in [-0.1, -0.05) is 23.2 Å². The minimum absolute atomic E-state index is 0.0260. The highest BCUT2D eigenvalue weighted by Crippen LogP contribution is 2.22. The summed E-state index contributed by atoms with van der Waals surface area (Å²) in [4.78, 5) is 14.2. The van der Waals surface area contributed by atoms with Crippen LogP contribution >= 0.6 is 23.2 Å². The van der Waals surface area contributed by atoms with E-state index in [0.29, 0.717) is 23.0 Å². The van der Waals surface area contributed by atoms with E-state index in [1.165, 1.54) is 0 Å². The maximum absolute atomic E-state index is 12.4. The predicted octanol–water partition coefficient (Wildman–Crippen LogP) is 3.74. The number of nitrogens with one attached hydrogen (secondary N) is 1. The van der Waals surface area contributed by atoms with Crippen molar-refractivity contribution in [2.24, 2.45) is 0 Å². The predicted molar refractivity (Wildman–Crippen MR) is 89.8 cm³/mol. The van der Waals surface area contributed by atoms with Crippen LogP contribution in [-0.4, -0.2) is 42.3 Å². The number of hydrogen-bond donors (Lipinski definition) is 1. The second-order valence-electron chi connectivity index (χ2n) is 6.51. The van der Waals surface area contributed by atoms with Crippen molar-refractivity contribution in [2.75, 3.05) is 19.6 Å². The van der Waals surface area contributed by atoms with E-state index >= 15 is 0 Å². The molecule has 1 aromatic carbocycles. The maximum Gasteiger partial charge on any atom is 0.410 e. The second kappa shape index (κ2) is 7.07. The lowest BCUT2D eigenvalue weighted by Crippen LogP contribution is -2.55. The largest absolute Gasteiger partial charge is 0.444 e. The van der Waals surface area contributed by atoms with Crippen LogP contribution < -0.4 is 5.32 Å². The molecule has 6 heteroatoms. The Bertz CT molecular complexity index is 523. The Labute approximate surface area is 141 Å². The molecule has 0 bridgehead atoms. The summed E-state index contributed by atoms with van der Waals surface area (Å²) in [5.74, 6) is 0. The molecule has 122 valence electrons. The number of piperazine rings is 1. The lowest BCUT2D eigenvalue weighted by molar-refractivity contribution is 0.0122. The zero-order valence-corrected chi connectivity index (χ0v) is 14.7. The first-order chi connectivity index (χ1) is 10.2. The summed E-state index contributed by atoms with van der Waals surface area (Å²) >= 11 is 12.1. The van der Waals surface area contributed by atoms with Gasteiger partial charge < -0.3 is 15.0 Å². The van der Waals surface area contributed by atoms with E-state index in [9.17, 15) is 4.79 Å². The molecule has 1 heterocycles. The molecule has 1 fully saturated rings. The van der Waals surface area contributed by atoms with E-state index in [1.54, 1.807) is 11.0 Å². The van der Waals surface area contributed by atoms with Gasteiger partial charge in [0.15, 0.2) is 0 Å². The average molecular weight is 345 g/mol. The molecule has 2 rings (SSSR count). The Morgan fingerprint density at radius 3 is 2.55 bits per heavy atom. The summed E-state index contributed by atoms with van der Waals surface area (Å²) in [6.07, 6.45) is 0.416. The molecule has 0 radical (unpaired) electrons. The summed E-state index contributed by atoms with van der Waals surface area (Å²) in [6.45, 7) is 7.75. The normalized spacial score (nSPS) is 19.1. The molecule has 1 aliphatic rings. The number of nitrogens with zero attached hydrogens (tertiary/aromatic N) is 1. The van der Waals surface area contributed by atoms with Crippen LogP contribution in [0.15, 0.2) is 18.2 Å². The quantitative estimate of drug-likeness (QED) is 0.888. The van der Waals surface area contributed by atoms with Gasteiger partial charge in [-0.05, 0) is 51.0 Å². The molecule has 1 aromatic rings. The number of amides is 1. The average Bonchev–Trinajstić information content (AvgIpc) is 2.35. The second-order valence-corrected chi connectivity index (χ2v) is 7.39. The highest BCUT2D eigenvalue weighted by molar-refractivity contribution is 6.34. The van der Waals surface area contributed by atoms with Gasteiger partial charge >= 0.3 is 6.09 Å². The number of ether oxygens (including phenoxy) is 1. The maximum atomic E-state index is 12.4. The summed E-state index contributed by atoms with van der Waals surface area (Å²) in [6, 6.07) is 5.50. The van der Waals surface area contributed by atoms with Gasteiger partial charge in [-0.2, -0.15) is 0 Å². The summed E-state index contributed by atoms with van der Waals surface area (Å²) in [5, 5.41) is 4.53. The number of rotatable bonds is 2. The van der Waals surface area contributed by atoms with Gasteiger partial charge in [0.1, 0.15) is 5.60 Å². The Morgan fingerprint density at radius 2 is 1.95 bits per heavy atom. The topological polar surface area (TPSA) is 41.6 Å². The van der Waals surface area contributed by atoms with Crippen molar-refractivity contribution in [1.82, 2.24) is 10.2 Å². The molecule has 1 amide bonds. The van der Waals surface area contributed by atoms with Gasteiger partial charge in [0.2, 0.25) is 0 Å². The summed E-state index contributed by atoms with van der Waals surface area (Å²) < 4.78 is 5.50. The Hall–Kier alpha value is -0.970. The molecule has 0 aromatic heterocycles. The highest BCUT2D eigenvalue weighted by atomic mass is 35.5. The molecule has 1 unspecified atom stereocenters. The van der Waals surface area contributed by atoms with E-state index in [0.717, 1.165) is 18.7 Å². The molecular weight excluding hydrogens is 323 g/mol. The monoisotopic (exact) mass is 344 g/mol. The van der Waals surface area contributed by atoms with Crippen molar-refractivity contribution in [2.45, 2.75) is 38.8 Å². The Balaban J connectivity index is 2.11. The lowest BCUT2D eigenvalue weighted by Gasteiger charge is -2.37. The number of carbonyl (C=O) groups is 1. The first-order valence-corrected chi connectivity index (χ1v) is 8.15. The smallest absolute Gasteiger partial charge is 0.410 e. The lowest BCUT2D eigenvalue weighted by atomic mass is 10.0. The van der Waals surface area contributed by atoms with Crippen LogP contribution in [-0.2, 0) is 11.2 Å². The van der Waals surface area contributed by atoms with Gasteiger partial charge in [-0.3, -0.25) is 0 Å². The minimum atomic E-state index is -0.494. The zero-order chi connectivity index (χ0) is 16.3. The molecule has 1 saturated heterocycles. The van der Waals surface area contributed by atoms with Crippen LogP contribution in [0, 0.1) is 0 Å². The van der Waals surface area contributed by atoms with E-state index in [2.05, 4.69) is 5.32 Å². The third-order valence-corrected chi connectivity index (χ3v) is 3.81. The number of hydrogen-bond acceptors (Lipinski definition) is 3. The van der Waals surface area contributed by atoms with E-state index in [1.807, 2.05) is 32.9 Å². The van der Waals surface area contributed by atoms with Gasteiger partial charge in [0.05, 0.1) is 6.04 Å². The van der Waals surface area contributed by atoms with Gasteiger partial charge in [0, 0.05) is 29.7 Å². The molecular formula is C16H22Cl2N2O2. The number of halogens is 2. The first-order valence-electron chi connectivity index (χ1n) is 7.40. The third-order valence-electron chi connectivity index (χ3n) is 3.37. The molecule has 1 atom stereocenters. The summed E-state index contributed by atoms with van der Waals surface area (Å²) in [7, 11) is 0. The molecule has 4 nitrogen and oxygen atoms in total. The Morgan fingerprint density at radius 1 is 1.32 bits per heavy atom. The third kappa shape index (κ3) is 5.04. The fraction of sp³-hybridized carbons (Fsp3) is 0.562. The van der Waals surface area contributed by atoms with Gasteiger partial charge in [-0.15, -0.1) is 0 Å². The molecule has 0 saturated carbocycles. The molecule has 1 N–H and O–H groups in total. The molecule has 22 heavy (non-hydrogen) atoms. The van der Waals surface area contributed by atoms with Crippen molar-refractivity contribution >= 4 is 29.3 Å². The fourth-order valence-corrected chi connectivity index (χ4v) is 3.08. The van der Waals surface area contributed by atoms with Crippen LogP contribution in [0.1, 0.15) is 26.3 Å². The molecule has 1 aliphatic heterocycles. The molecule has 0 spiro atoms. The van der Waals surface area contributed by atoms with E-state index in [4.69, 9.17) is 27.9 Å². The number of benzene rings is 1. The number of carbonyl (C=O) groups excluding carboxylic acids is 1. The van der Waals surface area contributed by atoms with Crippen molar-refractivity contribution in [3.8, 4) is 0 Å². The van der Waals surface area contributed by atoms with Crippen LogP contribution in [0.25, 0.3) is 0 Å². The van der Waals surface area contributed by atoms with Crippen molar-refractivity contribution in [3.63, 3.8) is 0 Å². The van der Waals surface area contributed by atoms with Crippen molar-refractivity contribution in [1.29, 1.82) is 0 Å². The first kappa shape index (κ1) is 17.4. The van der Waals surface area contributed by atoms with Crippen LogP contribution in [0.5, 0.6) is 0 Å². The SMILES string of the molecule is CC(C)(C)OC(=O)N1CCNCC1Cc1cc(Cl)cc(Cl)c1. The van der Waals surface area contributed by atoms with Crippen LogP contribution in [0.2, 0.25) is 10.0 Å². The van der Waals surface area contributed by atoms with Crippen molar-refractivity contribution < 1.29 is 9.53 Å². The van der Waals surface area contributed by atoms with E-state index < -0.39 is 5.60 Å². The van der Waals surface area contributed by atoms with Crippen LogP contribution in [0.4, 0.5) is 4.79 Å². The fourth-order valence-electron chi connectivity index (χ4n) is 2.51. The summed E-state index contributed by atoms with van der Waals surface area (Å²) in [5.41, 5.74) is 0.519.